The average Bonchev–Trinajstić information content (AvgIpc) is 2.22. The summed E-state index contributed by atoms with van der Waals surface area (Å²) in [5.41, 5.74) is 1.02. The van der Waals surface area contributed by atoms with Gasteiger partial charge in [0.25, 0.3) is 0 Å². The topological polar surface area (TPSA) is 15.3 Å². The molecule has 1 heterocycles. The van der Waals surface area contributed by atoms with Crippen molar-refractivity contribution in [1.82, 2.24) is 10.2 Å². The second kappa shape index (κ2) is 4.60. The van der Waals surface area contributed by atoms with Crippen LogP contribution in [-0.4, -0.2) is 31.6 Å². The van der Waals surface area contributed by atoms with Crippen molar-refractivity contribution in [3.63, 3.8) is 0 Å². The second-order valence-electron chi connectivity index (χ2n) is 3.94. The largest absolute Gasteiger partial charge is 0.308 e. The third-order valence-electron chi connectivity index (χ3n) is 2.72. The molecule has 15 heavy (non-hydrogen) atoms. The molecular weight excluding hydrogens is 259 g/mol. The predicted molar refractivity (Wildman–Crippen MR) is 62.3 cm³/mol. The van der Waals surface area contributed by atoms with Gasteiger partial charge in [0.15, 0.2) is 0 Å². The summed E-state index contributed by atoms with van der Waals surface area (Å²) in [4.78, 5) is 2.25. The van der Waals surface area contributed by atoms with E-state index in [0.717, 1.165) is 25.2 Å². The third kappa shape index (κ3) is 2.56. The molecule has 0 bridgehead atoms. The maximum absolute atomic E-state index is 13.3. The van der Waals surface area contributed by atoms with Gasteiger partial charge in [-0.05, 0) is 40.7 Å². The molecule has 1 aromatic carbocycles. The minimum Gasteiger partial charge on any atom is -0.308 e. The van der Waals surface area contributed by atoms with E-state index in [4.69, 9.17) is 0 Å². The number of benzene rings is 1. The summed E-state index contributed by atoms with van der Waals surface area (Å²) >= 11 is 3.16. The van der Waals surface area contributed by atoms with Crippen LogP contribution in [0.2, 0.25) is 0 Å². The molecule has 0 aromatic heterocycles. The fourth-order valence-corrected chi connectivity index (χ4v) is 2.10. The molecule has 1 saturated heterocycles. The maximum atomic E-state index is 13.3. The number of nitrogens with one attached hydrogen (secondary N) is 1. The summed E-state index contributed by atoms with van der Waals surface area (Å²) in [7, 11) is 2.09. The van der Waals surface area contributed by atoms with Crippen LogP contribution in [0, 0.1) is 5.82 Å². The number of rotatable bonds is 1. The van der Waals surface area contributed by atoms with Gasteiger partial charge in [-0.1, -0.05) is 6.07 Å². The Kier molecular flexibility index (Phi) is 3.38. The summed E-state index contributed by atoms with van der Waals surface area (Å²) < 4.78 is 13.9. The summed E-state index contributed by atoms with van der Waals surface area (Å²) in [6, 6.07) is 5.57. The molecule has 1 aromatic rings. The first kappa shape index (κ1) is 11.0. The minimum atomic E-state index is -0.192. The summed E-state index contributed by atoms with van der Waals surface area (Å²) in [5.74, 6) is -0.192. The van der Waals surface area contributed by atoms with E-state index in [0.29, 0.717) is 4.47 Å². The Hall–Kier alpha value is -0.450. The molecule has 82 valence electrons. The predicted octanol–water partition coefficient (Wildman–Crippen LogP) is 2.16. The zero-order valence-corrected chi connectivity index (χ0v) is 10.2. The van der Waals surface area contributed by atoms with E-state index < -0.39 is 0 Å². The SMILES string of the molecule is CN1CCNC(c2ccc(Br)c(F)c2)C1. The van der Waals surface area contributed by atoms with Gasteiger partial charge < -0.3 is 10.2 Å². The molecule has 0 amide bonds. The maximum Gasteiger partial charge on any atom is 0.137 e. The Morgan fingerprint density at radius 1 is 1.53 bits per heavy atom. The lowest BCUT2D eigenvalue weighted by atomic mass is 10.0. The standard InChI is InChI=1S/C11H14BrFN2/c1-15-5-4-14-11(7-15)8-2-3-9(12)10(13)6-8/h2-3,6,11,14H,4-5,7H2,1H3. The zero-order valence-electron chi connectivity index (χ0n) is 8.63. The van der Waals surface area contributed by atoms with Gasteiger partial charge in [-0.2, -0.15) is 0 Å². The molecular formula is C11H14BrFN2. The van der Waals surface area contributed by atoms with Gasteiger partial charge >= 0.3 is 0 Å². The normalized spacial score (nSPS) is 23.0. The van der Waals surface area contributed by atoms with Gasteiger partial charge in [0.1, 0.15) is 5.82 Å². The van der Waals surface area contributed by atoms with E-state index in [2.05, 4.69) is 33.2 Å². The Morgan fingerprint density at radius 2 is 2.33 bits per heavy atom. The monoisotopic (exact) mass is 272 g/mol. The van der Waals surface area contributed by atoms with Crippen LogP contribution in [0.4, 0.5) is 4.39 Å². The molecule has 1 unspecified atom stereocenters. The smallest absolute Gasteiger partial charge is 0.137 e. The number of hydrogen-bond acceptors (Lipinski definition) is 2. The van der Waals surface area contributed by atoms with Gasteiger partial charge in [-0.3, -0.25) is 0 Å². The van der Waals surface area contributed by atoms with Crippen LogP contribution >= 0.6 is 15.9 Å². The van der Waals surface area contributed by atoms with Crippen molar-refractivity contribution in [2.45, 2.75) is 6.04 Å². The van der Waals surface area contributed by atoms with Crippen molar-refractivity contribution >= 4 is 15.9 Å². The fourth-order valence-electron chi connectivity index (χ4n) is 1.85. The molecule has 1 atom stereocenters. The molecule has 0 radical (unpaired) electrons. The first-order valence-corrected chi connectivity index (χ1v) is 5.83. The van der Waals surface area contributed by atoms with Crippen molar-refractivity contribution in [3.05, 3.63) is 34.1 Å². The molecule has 1 N–H and O–H groups in total. The van der Waals surface area contributed by atoms with Crippen molar-refractivity contribution in [2.75, 3.05) is 26.7 Å². The molecule has 0 saturated carbocycles. The highest BCUT2D eigenvalue weighted by molar-refractivity contribution is 9.10. The molecule has 4 heteroatoms. The van der Waals surface area contributed by atoms with Gasteiger partial charge in [-0.15, -0.1) is 0 Å². The highest BCUT2D eigenvalue weighted by Gasteiger charge is 2.18. The van der Waals surface area contributed by atoms with Crippen LogP contribution in [0.3, 0.4) is 0 Å². The van der Waals surface area contributed by atoms with Crippen LogP contribution in [0.5, 0.6) is 0 Å². The van der Waals surface area contributed by atoms with Gasteiger partial charge in [0.2, 0.25) is 0 Å². The molecule has 1 aliphatic rings. The number of halogens is 2. The van der Waals surface area contributed by atoms with E-state index in [9.17, 15) is 4.39 Å². The lowest BCUT2D eigenvalue weighted by Crippen LogP contribution is -2.43. The Morgan fingerprint density at radius 3 is 3.00 bits per heavy atom. The number of nitrogens with zero attached hydrogens (tertiary/aromatic N) is 1. The van der Waals surface area contributed by atoms with Crippen LogP contribution in [0.25, 0.3) is 0 Å². The minimum absolute atomic E-state index is 0.192. The van der Waals surface area contributed by atoms with Crippen molar-refractivity contribution in [2.24, 2.45) is 0 Å². The summed E-state index contributed by atoms with van der Waals surface area (Å²) in [6.45, 7) is 2.94. The molecule has 1 fully saturated rings. The Labute approximate surface area is 97.6 Å². The highest BCUT2D eigenvalue weighted by Crippen LogP contribution is 2.22. The first-order valence-electron chi connectivity index (χ1n) is 5.03. The van der Waals surface area contributed by atoms with Crippen LogP contribution in [0.15, 0.2) is 22.7 Å². The van der Waals surface area contributed by atoms with Crippen molar-refractivity contribution < 1.29 is 4.39 Å². The van der Waals surface area contributed by atoms with Gasteiger partial charge in [-0.25, -0.2) is 4.39 Å². The van der Waals surface area contributed by atoms with Gasteiger partial charge in [0.05, 0.1) is 4.47 Å². The first-order chi connectivity index (χ1) is 7.16. The van der Waals surface area contributed by atoms with Crippen LogP contribution < -0.4 is 5.32 Å². The Balaban J connectivity index is 2.18. The van der Waals surface area contributed by atoms with E-state index in [1.165, 1.54) is 0 Å². The molecule has 0 spiro atoms. The number of likely N-dealkylation sites (N-methyl/N-ethyl adjacent to an activating group) is 1. The number of piperazine rings is 1. The summed E-state index contributed by atoms with van der Waals surface area (Å²) in [6.07, 6.45) is 0. The molecule has 2 rings (SSSR count). The Bertz CT molecular complexity index is 356. The third-order valence-corrected chi connectivity index (χ3v) is 3.37. The highest BCUT2D eigenvalue weighted by atomic mass is 79.9. The zero-order chi connectivity index (χ0) is 10.8. The van der Waals surface area contributed by atoms with E-state index >= 15 is 0 Å². The number of hydrogen-bond donors (Lipinski definition) is 1. The second-order valence-corrected chi connectivity index (χ2v) is 4.80. The van der Waals surface area contributed by atoms with Crippen LogP contribution in [0.1, 0.15) is 11.6 Å². The molecule has 1 aliphatic heterocycles. The lowest BCUT2D eigenvalue weighted by Gasteiger charge is -2.31. The van der Waals surface area contributed by atoms with Gasteiger partial charge in [0, 0.05) is 25.7 Å². The lowest BCUT2D eigenvalue weighted by molar-refractivity contribution is 0.240. The average molecular weight is 273 g/mol. The van der Waals surface area contributed by atoms with E-state index in [1.54, 1.807) is 12.1 Å². The van der Waals surface area contributed by atoms with E-state index in [-0.39, 0.29) is 11.9 Å². The fraction of sp³-hybridized carbons (Fsp3) is 0.455. The molecule has 2 nitrogen and oxygen atoms in total. The van der Waals surface area contributed by atoms with Crippen molar-refractivity contribution in [1.29, 1.82) is 0 Å². The summed E-state index contributed by atoms with van der Waals surface area (Å²) in [5, 5.41) is 3.39. The van der Waals surface area contributed by atoms with Crippen molar-refractivity contribution in [3.8, 4) is 0 Å². The quantitative estimate of drug-likeness (QED) is 0.843. The molecule has 0 aliphatic carbocycles. The van der Waals surface area contributed by atoms with Crippen LogP contribution in [-0.2, 0) is 0 Å². The van der Waals surface area contributed by atoms with E-state index in [1.807, 2.05) is 6.07 Å².